The van der Waals surface area contributed by atoms with Gasteiger partial charge in [0, 0.05) is 12.4 Å². The summed E-state index contributed by atoms with van der Waals surface area (Å²) in [6.45, 7) is 0. The second kappa shape index (κ2) is 3.09. The molecule has 4 nitrogen and oxygen atoms in total. The summed E-state index contributed by atoms with van der Waals surface area (Å²) in [7, 11) is 0. The molecule has 0 aromatic carbocycles. The Hall–Kier alpha value is -1.03. The standard InChI is InChI=1S/C4H6N4.ClH/c5-4(6)8-3-1-2-7-8;/h1-3H,(H3,5,6);1H/i4+1;. The average molecular weight is 148 g/mol. The van der Waals surface area contributed by atoms with Crippen LogP contribution in [0.1, 0.15) is 0 Å². The van der Waals surface area contributed by atoms with Crippen molar-refractivity contribution in [1.29, 1.82) is 5.41 Å². The first-order chi connectivity index (χ1) is 3.80. The van der Waals surface area contributed by atoms with Crippen molar-refractivity contribution >= 4 is 18.4 Å². The summed E-state index contributed by atoms with van der Waals surface area (Å²) in [6.07, 6.45) is 3.18. The Morgan fingerprint density at radius 1 is 1.67 bits per heavy atom. The molecule has 0 radical (unpaired) electrons. The molecule has 0 bridgehead atoms. The molecule has 1 aromatic rings. The van der Waals surface area contributed by atoms with E-state index in [-0.39, 0.29) is 18.4 Å². The van der Waals surface area contributed by atoms with Gasteiger partial charge < -0.3 is 5.73 Å². The lowest BCUT2D eigenvalue weighted by Gasteiger charge is -1.91. The molecule has 1 aromatic heterocycles. The normalized spacial score (nSPS) is 8.00. The molecule has 50 valence electrons. The van der Waals surface area contributed by atoms with E-state index in [1.807, 2.05) is 0 Å². The van der Waals surface area contributed by atoms with E-state index in [0.29, 0.717) is 0 Å². The molecule has 0 amide bonds. The largest absolute Gasteiger partial charge is 0.368 e. The van der Waals surface area contributed by atoms with Crippen LogP contribution in [0.25, 0.3) is 0 Å². The number of nitrogen functional groups attached to an aromatic ring is 1. The lowest BCUT2D eigenvalue weighted by Crippen LogP contribution is -2.20. The van der Waals surface area contributed by atoms with E-state index in [0.717, 1.165) is 0 Å². The zero-order chi connectivity index (χ0) is 5.98. The van der Waals surface area contributed by atoms with Crippen molar-refractivity contribution < 1.29 is 0 Å². The summed E-state index contributed by atoms with van der Waals surface area (Å²) in [4.78, 5) is 0. The molecule has 0 aliphatic rings. The molecular formula is C4H7ClN4. The SMILES string of the molecule is Cl.N=[13C](N)n1cccn1. The number of nitrogens with zero attached hydrogens (tertiary/aromatic N) is 2. The average Bonchev–Trinajstić information content (AvgIpc) is 2.12. The molecule has 0 saturated heterocycles. The number of hydrogen-bond donors (Lipinski definition) is 2. The van der Waals surface area contributed by atoms with Gasteiger partial charge in [-0.15, -0.1) is 12.4 Å². The van der Waals surface area contributed by atoms with E-state index in [2.05, 4.69) is 5.10 Å². The fourth-order valence-electron chi connectivity index (χ4n) is 0.411. The van der Waals surface area contributed by atoms with E-state index in [1.54, 1.807) is 18.5 Å². The predicted octanol–water partition coefficient (Wildman–Crippen LogP) is 0.0465. The highest BCUT2D eigenvalue weighted by atomic mass is 35.5. The molecule has 0 saturated carbocycles. The third kappa shape index (κ3) is 1.73. The highest BCUT2D eigenvalue weighted by molar-refractivity contribution is 5.85. The number of rotatable bonds is 0. The van der Waals surface area contributed by atoms with Gasteiger partial charge in [-0.2, -0.15) is 5.10 Å². The van der Waals surface area contributed by atoms with Gasteiger partial charge in [-0.25, -0.2) is 4.68 Å². The van der Waals surface area contributed by atoms with Gasteiger partial charge in [0.05, 0.1) is 0 Å². The van der Waals surface area contributed by atoms with Crippen LogP contribution in [0.15, 0.2) is 18.5 Å². The zero-order valence-corrected chi connectivity index (χ0v) is 5.43. The number of nitrogens with two attached hydrogens (primary N) is 1. The van der Waals surface area contributed by atoms with Crippen LogP contribution < -0.4 is 5.73 Å². The Morgan fingerprint density at radius 2 is 2.33 bits per heavy atom. The van der Waals surface area contributed by atoms with Crippen LogP contribution in [0.4, 0.5) is 0 Å². The van der Waals surface area contributed by atoms with Crippen LogP contribution in [0.3, 0.4) is 0 Å². The second-order valence-corrected chi connectivity index (χ2v) is 1.34. The van der Waals surface area contributed by atoms with Crippen molar-refractivity contribution in [3.8, 4) is 0 Å². The Labute approximate surface area is 58.6 Å². The molecule has 0 fully saturated rings. The summed E-state index contributed by atoms with van der Waals surface area (Å²) in [5.74, 6) is -0.0602. The predicted molar refractivity (Wildman–Crippen MR) is 36.8 cm³/mol. The summed E-state index contributed by atoms with van der Waals surface area (Å²) >= 11 is 0. The van der Waals surface area contributed by atoms with Crippen LogP contribution in [-0.4, -0.2) is 15.7 Å². The van der Waals surface area contributed by atoms with Crippen molar-refractivity contribution in [3.63, 3.8) is 0 Å². The van der Waals surface area contributed by atoms with Crippen molar-refractivity contribution in [3.05, 3.63) is 18.5 Å². The smallest absolute Gasteiger partial charge is 0.213 e. The molecule has 0 aliphatic carbocycles. The first-order valence-corrected chi connectivity index (χ1v) is 2.15. The fraction of sp³-hybridized carbons (Fsp3) is 0. The van der Waals surface area contributed by atoms with E-state index >= 15 is 0 Å². The van der Waals surface area contributed by atoms with E-state index in [1.165, 1.54) is 4.68 Å². The Morgan fingerprint density at radius 3 is 2.56 bits per heavy atom. The molecule has 0 unspecified atom stereocenters. The van der Waals surface area contributed by atoms with Crippen molar-refractivity contribution in [1.82, 2.24) is 9.78 Å². The van der Waals surface area contributed by atoms with Gasteiger partial charge in [0.2, 0.25) is 5.96 Å². The third-order valence-electron chi connectivity index (χ3n) is 0.751. The minimum absolute atomic E-state index is 0. The number of hydrogen-bond acceptors (Lipinski definition) is 2. The molecule has 0 atom stereocenters. The Bertz CT molecular complexity index is 180. The van der Waals surface area contributed by atoms with Crippen molar-refractivity contribution in [2.45, 2.75) is 0 Å². The number of nitrogens with one attached hydrogen (secondary N) is 1. The van der Waals surface area contributed by atoms with Gasteiger partial charge in [-0.05, 0) is 6.07 Å². The zero-order valence-electron chi connectivity index (χ0n) is 4.61. The third-order valence-corrected chi connectivity index (χ3v) is 0.751. The Balaban J connectivity index is 0.000000640. The molecule has 1 heterocycles. The molecular weight excluding hydrogens is 141 g/mol. The maximum Gasteiger partial charge on any atom is 0.213 e. The second-order valence-electron chi connectivity index (χ2n) is 1.34. The number of aromatic nitrogens is 2. The summed E-state index contributed by atoms with van der Waals surface area (Å²) < 4.78 is 1.28. The van der Waals surface area contributed by atoms with Crippen LogP contribution in [0, 0.1) is 5.41 Å². The topological polar surface area (TPSA) is 67.7 Å². The van der Waals surface area contributed by atoms with E-state index in [9.17, 15) is 0 Å². The highest BCUT2D eigenvalue weighted by Gasteiger charge is 1.87. The van der Waals surface area contributed by atoms with Crippen LogP contribution in [-0.2, 0) is 0 Å². The van der Waals surface area contributed by atoms with Gasteiger partial charge in [0.1, 0.15) is 0 Å². The monoisotopic (exact) mass is 147 g/mol. The first-order valence-electron chi connectivity index (χ1n) is 2.15. The lowest BCUT2D eigenvalue weighted by molar-refractivity contribution is 0.912. The quantitative estimate of drug-likeness (QED) is 0.309. The van der Waals surface area contributed by atoms with E-state index in [4.69, 9.17) is 11.1 Å². The van der Waals surface area contributed by atoms with Crippen molar-refractivity contribution in [2.75, 3.05) is 0 Å². The first kappa shape index (κ1) is 7.97. The van der Waals surface area contributed by atoms with Crippen LogP contribution in [0.5, 0.6) is 0 Å². The van der Waals surface area contributed by atoms with E-state index < -0.39 is 0 Å². The molecule has 0 aliphatic heterocycles. The molecule has 9 heavy (non-hydrogen) atoms. The van der Waals surface area contributed by atoms with Crippen molar-refractivity contribution in [2.24, 2.45) is 5.73 Å². The highest BCUT2D eigenvalue weighted by Crippen LogP contribution is 1.77. The van der Waals surface area contributed by atoms with Gasteiger partial charge in [0.15, 0.2) is 0 Å². The summed E-state index contributed by atoms with van der Waals surface area (Å²) in [5.41, 5.74) is 5.04. The summed E-state index contributed by atoms with van der Waals surface area (Å²) in [6, 6.07) is 1.71. The maximum absolute atomic E-state index is 6.83. The molecule has 5 heteroatoms. The fourth-order valence-corrected chi connectivity index (χ4v) is 0.411. The molecule has 1 rings (SSSR count). The van der Waals surface area contributed by atoms with Gasteiger partial charge >= 0.3 is 0 Å². The Kier molecular flexibility index (Phi) is 2.73. The molecule has 3 N–H and O–H groups in total. The van der Waals surface area contributed by atoms with Gasteiger partial charge in [0.25, 0.3) is 0 Å². The molecule has 0 spiro atoms. The lowest BCUT2D eigenvalue weighted by atomic mass is 10.8. The van der Waals surface area contributed by atoms with Crippen LogP contribution >= 0.6 is 12.4 Å². The minimum Gasteiger partial charge on any atom is -0.368 e. The minimum atomic E-state index is -0.0602. The maximum atomic E-state index is 6.83. The van der Waals surface area contributed by atoms with Crippen LogP contribution in [0.2, 0.25) is 0 Å². The summed E-state index contributed by atoms with van der Waals surface area (Å²) in [5, 5.41) is 10.5. The van der Waals surface area contributed by atoms with Gasteiger partial charge in [-0.1, -0.05) is 0 Å². The number of halogens is 1. The van der Waals surface area contributed by atoms with Gasteiger partial charge in [-0.3, -0.25) is 5.41 Å².